The lowest BCUT2D eigenvalue weighted by molar-refractivity contribution is 0.266. The minimum absolute atomic E-state index is 0.0402. The van der Waals surface area contributed by atoms with Crippen molar-refractivity contribution in [3.63, 3.8) is 0 Å². The van der Waals surface area contributed by atoms with Crippen molar-refractivity contribution in [1.29, 1.82) is 0 Å². The van der Waals surface area contributed by atoms with E-state index < -0.39 is 10.0 Å². The lowest BCUT2D eigenvalue weighted by atomic mass is 10.7. The van der Waals surface area contributed by atoms with Crippen LogP contribution in [0.25, 0.3) is 4.83 Å². The fourth-order valence-electron chi connectivity index (χ4n) is 1.30. The molecule has 2 rings (SSSR count). The zero-order valence-electron chi connectivity index (χ0n) is 8.57. The molecule has 0 aliphatic heterocycles. The summed E-state index contributed by atoms with van der Waals surface area (Å²) in [5.74, 6) is 0. The molecule has 0 amide bonds. The van der Waals surface area contributed by atoms with Gasteiger partial charge >= 0.3 is 0 Å². The molecule has 0 atom stereocenters. The number of hydrogen-bond acceptors (Lipinski definition) is 5. The number of aromatic nitrogens is 2. The molecule has 16 heavy (non-hydrogen) atoms. The highest BCUT2D eigenvalue weighted by atomic mass is 32.2. The van der Waals surface area contributed by atoms with Gasteiger partial charge in [-0.2, -0.15) is 4.31 Å². The molecule has 2 aromatic heterocycles. The maximum absolute atomic E-state index is 12.0. The highest BCUT2D eigenvalue weighted by molar-refractivity contribution is 7.89. The predicted molar refractivity (Wildman–Crippen MR) is 60.0 cm³/mol. The Bertz CT molecular complexity index is 586. The van der Waals surface area contributed by atoms with Crippen molar-refractivity contribution in [2.45, 2.75) is 5.03 Å². The van der Waals surface area contributed by atoms with Crippen molar-refractivity contribution in [2.75, 3.05) is 20.2 Å². The van der Waals surface area contributed by atoms with E-state index in [9.17, 15) is 8.42 Å². The zero-order chi connectivity index (χ0) is 11.8. The summed E-state index contributed by atoms with van der Waals surface area (Å²) in [6.45, 7) is -0.149. The maximum atomic E-state index is 12.0. The number of aliphatic hydroxyl groups excluding tert-OH is 1. The summed E-state index contributed by atoms with van der Waals surface area (Å²) in [6.07, 6.45) is 3.21. The highest BCUT2D eigenvalue weighted by Crippen LogP contribution is 2.22. The molecule has 0 radical (unpaired) electrons. The Balaban J connectivity index is 2.49. The second-order valence-corrected chi connectivity index (χ2v) is 6.07. The summed E-state index contributed by atoms with van der Waals surface area (Å²) in [5, 5.41) is 10.6. The first-order valence-corrected chi connectivity index (χ1v) is 6.86. The van der Waals surface area contributed by atoms with Gasteiger partial charge < -0.3 is 5.11 Å². The van der Waals surface area contributed by atoms with Gasteiger partial charge in [0.05, 0.1) is 6.61 Å². The molecule has 6 nitrogen and oxygen atoms in total. The first-order valence-electron chi connectivity index (χ1n) is 4.54. The van der Waals surface area contributed by atoms with Crippen LogP contribution in [0.15, 0.2) is 22.9 Å². The quantitative estimate of drug-likeness (QED) is 0.841. The van der Waals surface area contributed by atoms with E-state index in [1.165, 1.54) is 24.7 Å². The fourth-order valence-corrected chi connectivity index (χ4v) is 3.58. The highest BCUT2D eigenvalue weighted by Gasteiger charge is 2.25. The van der Waals surface area contributed by atoms with E-state index in [0.29, 0.717) is 4.83 Å². The van der Waals surface area contributed by atoms with Crippen molar-refractivity contribution in [3.8, 4) is 0 Å². The smallest absolute Gasteiger partial charge is 0.263 e. The summed E-state index contributed by atoms with van der Waals surface area (Å²) < 4.78 is 26.8. The van der Waals surface area contributed by atoms with Gasteiger partial charge in [-0.3, -0.25) is 4.40 Å². The molecule has 0 aliphatic carbocycles. The summed E-state index contributed by atoms with van der Waals surface area (Å²) in [5.41, 5.74) is 0. The molecule has 8 heteroatoms. The molecule has 0 aromatic carbocycles. The van der Waals surface area contributed by atoms with E-state index >= 15 is 0 Å². The minimum Gasteiger partial charge on any atom is -0.395 e. The second kappa shape index (κ2) is 4.13. The van der Waals surface area contributed by atoms with Crippen LogP contribution in [-0.4, -0.2) is 47.4 Å². The number of imidazole rings is 1. The van der Waals surface area contributed by atoms with Crippen molar-refractivity contribution in [1.82, 2.24) is 13.7 Å². The SMILES string of the molecule is CN(CCO)S(=O)(=O)c1ncn2ccsc12. The van der Waals surface area contributed by atoms with Gasteiger partial charge in [-0.1, -0.05) is 0 Å². The van der Waals surface area contributed by atoms with Gasteiger partial charge in [0, 0.05) is 25.2 Å². The molecule has 0 unspecified atom stereocenters. The minimum atomic E-state index is -3.60. The van der Waals surface area contributed by atoms with Crippen molar-refractivity contribution < 1.29 is 13.5 Å². The molecule has 1 N–H and O–H groups in total. The van der Waals surface area contributed by atoms with Gasteiger partial charge in [0.25, 0.3) is 10.0 Å². The van der Waals surface area contributed by atoms with Crippen LogP contribution in [0.5, 0.6) is 0 Å². The number of hydrogen-bond donors (Lipinski definition) is 1. The Hall–Kier alpha value is -0.960. The lowest BCUT2D eigenvalue weighted by Gasteiger charge is -2.13. The van der Waals surface area contributed by atoms with Crippen LogP contribution in [0.4, 0.5) is 0 Å². The molecule has 0 saturated heterocycles. The van der Waals surface area contributed by atoms with E-state index in [-0.39, 0.29) is 18.2 Å². The van der Waals surface area contributed by atoms with Crippen LogP contribution >= 0.6 is 11.3 Å². The summed E-state index contributed by atoms with van der Waals surface area (Å²) in [7, 11) is -2.18. The van der Waals surface area contributed by atoms with Gasteiger partial charge in [-0.25, -0.2) is 13.4 Å². The second-order valence-electron chi connectivity index (χ2n) is 3.22. The summed E-state index contributed by atoms with van der Waals surface area (Å²) in [4.78, 5) is 4.48. The third-order valence-corrected chi connectivity index (χ3v) is 4.99. The molecule has 88 valence electrons. The third-order valence-electron chi connectivity index (χ3n) is 2.19. The maximum Gasteiger partial charge on any atom is 0.263 e. The Labute approximate surface area is 96.8 Å². The van der Waals surface area contributed by atoms with Crippen LogP contribution in [0.1, 0.15) is 0 Å². The van der Waals surface area contributed by atoms with Gasteiger partial charge in [0.15, 0.2) is 0 Å². The topological polar surface area (TPSA) is 74.9 Å². The number of nitrogens with zero attached hydrogens (tertiary/aromatic N) is 3. The molecule has 0 saturated carbocycles. The lowest BCUT2D eigenvalue weighted by Crippen LogP contribution is -2.29. The van der Waals surface area contributed by atoms with Crippen LogP contribution in [0.2, 0.25) is 0 Å². The largest absolute Gasteiger partial charge is 0.395 e. The van der Waals surface area contributed by atoms with E-state index in [1.54, 1.807) is 16.0 Å². The van der Waals surface area contributed by atoms with Crippen LogP contribution < -0.4 is 0 Å². The van der Waals surface area contributed by atoms with Gasteiger partial charge in [-0.05, 0) is 0 Å². The Morgan fingerprint density at radius 1 is 1.62 bits per heavy atom. The fraction of sp³-hybridized carbons (Fsp3) is 0.375. The Kier molecular flexibility index (Phi) is 2.98. The Morgan fingerprint density at radius 2 is 2.38 bits per heavy atom. The molecule has 0 bridgehead atoms. The number of sulfonamides is 1. The average molecular weight is 261 g/mol. The standard InChI is InChI=1S/C8H11N3O3S2/c1-10(2-4-12)16(13,14)7-8-11(6-9-7)3-5-15-8/h3,5-6,12H,2,4H2,1H3. The van der Waals surface area contributed by atoms with Crippen molar-refractivity contribution >= 4 is 26.2 Å². The van der Waals surface area contributed by atoms with Crippen LogP contribution in [0, 0.1) is 0 Å². The van der Waals surface area contributed by atoms with Crippen molar-refractivity contribution in [2.24, 2.45) is 0 Å². The first-order chi connectivity index (χ1) is 7.57. The Morgan fingerprint density at radius 3 is 3.06 bits per heavy atom. The molecule has 0 fully saturated rings. The van der Waals surface area contributed by atoms with Crippen molar-refractivity contribution in [3.05, 3.63) is 17.9 Å². The first kappa shape index (κ1) is 11.5. The zero-order valence-corrected chi connectivity index (χ0v) is 10.2. The molecular formula is C8H11N3O3S2. The van der Waals surface area contributed by atoms with E-state index in [4.69, 9.17) is 5.11 Å². The normalized spacial score (nSPS) is 12.7. The van der Waals surface area contributed by atoms with Gasteiger partial charge in [-0.15, -0.1) is 11.3 Å². The van der Waals surface area contributed by atoms with E-state index in [1.807, 2.05) is 0 Å². The number of fused-ring (bicyclic) bond motifs is 1. The van der Waals surface area contributed by atoms with Gasteiger partial charge in [0.2, 0.25) is 5.03 Å². The molecule has 2 heterocycles. The molecule has 0 spiro atoms. The summed E-state index contributed by atoms with van der Waals surface area (Å²) >= 11 is 1.32. The molecule has 2 aromatic rings. The van der Waals surface area contributed by atoms with Gasteiger partial charge in [0.1, 0.15) is 11.2 Å². The monoisotopic (exact) mass is 261 g/mol. The molecule has 0 aliphatic rings. The number of rotatable bonds is 4. The van der Waals surface area contributed by atoms with E-state index in [2.05, 4.69) is 4.98 Å². The summed E-state index contributed by atoms with van der Waals surface area (Å²) in [6, 6.07) is 0. The predicted octanol–water partition coefficient (Wildman–Crippen LogP) is 0.00860. The van der Waals surface area contributed by atoms with Crippen LogP contribution in [-0.2, 0) is 10.0 Å². The molecular weight excluding hydrogens is 250 g/mol. The number of thiazole rings is 1. The van der Waals surface area contributed by atoms with E-state index in [0.717, 1.165) is 4.31 Å². The number of likely N-dealkylation sites (N-methyl/N-ethyl adjacent to an activating group) is 1. The average Bonchev–Trinajstić information content (AvgIpc) is 2.77. The van der Waals surface area contributed by atoms with Crippen LogP contribution in [0.3, 0.4) is 0 Å². The number of aliphatic hydroxyl groups is 1. The third kappa shape index (κ3) is 1.73.